The summed E-state index contributed by atoms with van der Waals surface area (Å²) in [5.41, 5.74) is 3.45. The maximum Gasteiger partial charge on any atom is 0.410 e. The molecule has 4 atom stereocenters. The Labute approximate surface area is 240 Å². The number of rotatable bonds is 6. The Bertz CT molecular complexity index is 1110. The summed E-state index contributed by atoms with van der Waals surface area (Å²) in [5.74, 6) is 0.485. The summed E-state index contributed by atoms with van der Waals surface area (Å²) in [4.78, 5) is 29.2. The van der Waals surface area contributed by atoms with Gasteiger partial charge in [-0.3, -0.25) is 4.79 Å². The minimum Gasteiger partial charge on any atom is -0.440 e. The van der Waals surface area contributed by atoms with Crippen molar-refractivity contribution in [2.24, 2.45) is 11.3 Å². The fraction of sp³-hybridized carbons (Fsp3) is 0.706. The molecule has 2 bridgehead atoms. The molecule has 6 rings (SSSR count). The molecule has 4 aliphatic carbocycles. The highest BCUT2D eigenvalue weighted by Crippen LogP contribution is 2.61. The highest BCUT2D eigenvalue weighted by atomic mass is 16.6. The molecule has 6 heteroatoms. The summed E-state index contributed by atoms with van der Waals surface area (Å²) >= 11 is 0. The first-order valence-electron chi connectivity index (χ1n) is 15.7. The molecule has 220 valence electrons. The van der Waals surface area contributed by atoms with E-state index in [1.165, 1.54) is 12.0 Å². The number of benzene rings is 1. The highest BCUT2D eigenvalue weighted by Gasteiger charge is 2.63. The fourth-order valence-electron chi connectivity index (χ4n) is 8.16. The number of hydrogen-bond donors (Lipinski definition) is 1. The Morgan fingerprint density at radius 3 is 2.73 bits per heavy atom. The van der Waals surface area contributed by atoms with E-state index < -0.39 is 11.7 Å². The Kier molecular flexibility index (Phi) is 9.06. The van der Waals surface area contributed by atoms with Gasteiger partial charge >= 0.3 is 6.09 Å². The van der Waals surface area contributed by atoms with E-state index in [1.807, 2.05) is 4.90 Å². The van der Waals surface area contributed by atoms with Gasteiger partial charge in [0.1, 0.15) is 5.60 Å². The molecular formula is C34H49NO5. The zero-order chi connectivity index (χ0) is 28.3. The van der Waals surface area contributed by atoms with Crippen LogP contribution in [0, 0.1) is 11.3 Å². The lowest BCUT2D eigenvalue weighted by molar-refractivity contribution is -0.0373. The number of amides is 1. The van der Waals surface area contributed by atoms with E-state index >= 15 is 0 Å². The zero-order valence-electron chi connectivity index (χ0n) is 24.9. The van der Waals surface area contributed by atoms with E-state index in [9.17, 15) is 14.7 Å². The van der Waals surface area contributed by atoms with Crippen LogP contribution in [0.1, 0.15) is 118 Å². The summed E-state index contributed by atoms with van der Waals surface area (Å²) in [6.07, 6.45) is 13.5. The van der Waals surface area contributed by atoms with Crippen molar-refractivity contribution in [3.05, 3.63) is 46.5 Å². The van der Waals surface area contributed by atoms with Crippen molar-refractivity contribution in [2.45, 2.75) is 115 Å². The van der Waals surface area contributed by atoms with E-state index in [-0.39, 0.29) is 29.1 Å². The molecular weight excluding hydrogens is 502 g/mol. The molecule has 1 aromatic carbocycles. The van der Waals surface area contributed by atoms with E-state index in [0.29, 0.717) is 32.5 Å². The predicted molar refractivity (Wildman–Crippen MR) is 157 cm³/mol. The van der Waals surface area contributed by atoms with E-state index in [2.05, 4.69) is 38.1 Å². The van der Waals surface area contributed by atoms with Gasteiger partial charge in [-0.15, -0.1) is 0 Å². The molecule has 1 heterocycles. The van der Waals surface area contributed by atoms with Gasteiger partial charge < -0.3 is 19.5 Å². The molecule has 1 aromatic rings. The summed E-state index contributed by atoms with van der Waals surface area (Å²) in [6.45, 7) is 6.33. The normalized spacial score (nSPS) is 31.6. The molecule has 1 aliphatic heterocycles. The van der Waals surface area contributed by atoms with Gasteiger partial charge in [-0.05, 0) is 94.2 Å². The molecule has 40 heavy (non-hydrogen) atoms. The Morgan fingerprint density at radius 1 is 1.15 bits per heavy atom. The van der Waals surface area contributed by atoms with Gasteiger partial charge in [-0.2, -0.15) is 0 Å². The van der Waals surface area contributed by atoms with Crippen molar-refractivity contribution < 1.29 is 24.2 Å². The number of hydrogen-bond acceptors (Lipinski definition) is 5. The molecule has 2 saturated carbocycles. The van der Waals surface area contributed by atoms with Crippen molar-refractivity contribution in [3.8, 4) is 0 Å². The number of aliphatic hydroxyl groups excluding tert-OH is 1. The van der Waals surface area contributed by atoms with E-state index in [1.54, 1.807) is 7.11 Å². The van der Waals surface area contributed by atoms with Gasteiger partial charge in [0.25, 0.3) is 0 Å². The minimum atomic E-state index is -0.569. The summed E-state index contributed by atoms with van der Waals surface area (Å²) in [6, 6.07) is 6.42. The van der Waals surface area contributed by atoms with Crippen molar-refractivity contribution in [2.75, 3.05) is 26.8 Å². The van der Waals surface area contributed by atoms with Crippen molar-refractivity contribution in [3.63, 3.8) is 0 Å². The number of Topliss-reactive ketones (excluding diaryl/α,β-unsaturated/α-hetero) is 1. The lowest BCUT2D eigenvalue weighted by Crippen LogP contribution is -2.48. The standard InChI is InChI=1S/C34H49NO5/c1-24-9-7-17-33(2)30(16-18-34(33)23-35(32(38)40-34)19-8-20-39-3)28-15-13-25(21-27(36)14-12-24)22-29(28)31(37)26-10-5-4-6-11-26/h9,13,15,22,26-27,30,36H,4-8,10-12,14,16-21,23H2,1-3H3. The average Bonchev–Trinajstić information content (AvgIpc) is 3.42. The number of carbonyl (C=O) groups excluding carboxylic acids is 2. The van der Waals surface area contributed by atoms with Gasteiger partial charge in [0.2, 0.25) is 0 Å². The first kappa shape index (κ1) is 29.3. The molecule has 1 amide bonds. The maximum absolute atomic E-state index is 14.2. The van der Waals surface area contributed by atoms with Crippen LogP contribution < -0.4 is 0 Å². The number of aliphatic hydroxyl groups is 1. The van der Waals surface area contributed by atoms with Crippen LogP contribution in [0.15, 0.2) is 29.8 Å². The lowest BCUT2D eigenvalue weighted by Gasteiger charge is -2.43. The number of nitrogens with zero attached hydrogens (tertiary/aromatic N) is 1. The Hall–Kier alpha value is -2.18. The predicted octanol–water partition coefficient (Wildman–Crippen LogP) is 6.98. The van der Waals surface area contributed by atoms with Crippen LogP contribution in [0.4, 0.5) is 4.79 Å². The third-order valence-corrected chi connectivity index (χ3v) is 10.6. The van der Waals surface area contributed by atoms with E-state index in [4.69, 9.17) is 9.47 Å². The van der Waals surface area contributed by atoms with Crippen molar-refractivity contribution in [1.82, 2.24) is 4.90 Å². The van der Waals surface area contributed by atoms with Crippen molar-refractivity contribution >= 4 is 11.9 Å². The van der Waals surface area contributed by atoms with Gasteiger partial charge in [0.15, 0.2) is 5.78 Å². The average molecular weight is 552 g/mol. The second-order valence-electron chi connectivity index (χ2n) is 13.2. The third kappa shape index (κ3) is 5.76. The van der Waals surface area contributed by atoms with Crippen molar-refractivity contribution in [1.29, 1.82) is 0 Å². The minimum absolute atomic E-state index is 0.0827. The van der Waals surface area contributed by atoms with Gasteiger partial charge in [-0.1, -0.05) is 50.0 Å². The second-order valence-corrected chi connectivity index (χ2v) is 13.2. The molecule has 1 saturated heterocycles. The molecule has 4 unspecified atom stereocenters. The lowest BCUT2D eigenvalue weighted by atomic mass is 9.64. The number of fused-ring (bicyclic) bond motifs is 8. The smallest absolute Gasteiger partial charge is 0.410 e. The van der Waals surface area contributed by atoms with Crippen LogP contribution in [0.3, 0.4) is 0 Å². The largest absolute Gasteiger partial charge is 0.440 e. The fourth-order valence-corrected chi connectivity index (χ4v) is 8.16. The molecule has 1 N–H and O–H groups in total. The highest BCUT2D eigenvalue weighted by molar-refractivity contribution is 5.99. The zero-order valence-corrected chi connectivity index (χ0v) is 24.9. The number of ether oxygens (including phenoxy) is 2. The molecule has 6 nitrogen and oxygen atoms in total. The van der Waals surface area contributed by atoms with Crippen LogP contribution >= 0.6 is 0 Å². The number of allylic oxidation sites excluding steroid dienone is 2. The molecule has 1 spiro atoms. The molecule has 0 aromatic heterocycles. The van der Waals surface area contributed by atoms with Crippen LogP contribution in [-0.4, -0.2) is 60.4 Å². The number of methoxy groups -OCH3 is 1. The number of ketones is 1. The van der Waals surface area contributed by atoms with Gasteiger partial charge in [0.05, 0.1) is 12.6 Å². The molecule has 3 fully saturated rings. The van der Waals surface area contributed by atoms with Crippen LogP contribution in [0.5, 0.6) is 0 Å². The SMILES string of the molecule is COCCCN1CC2(CCC3c4ccc(cc4C(=O)C4CCCCC4)CC(O)CCC(C)=CCCC32C)OC1=O. The quantitative estimate of drug-likeness (QED) is 0.234. The van der Waals surface area contributed by atoms with Crippen LogP contribution in [0.25, 0.3) is 0 Å². The molecule has 5 aliphatic rings. The summed E-state index contributed by atoms with van der Waals surface area (Å²) < 4.78 is 11.6. The maximum atomic E-state index is 14.2. The topological polar surface area (TPSA) is 76.1 Å². The third-order valence-electron chi connectivity index (χ3n) is 10.6. The Morgan fingerprint density at radius 2 is 1.95 bits per heavy atom. The van der Waals surface area contributed by atoms with E-state index in [0.717, 1.165) is 80.9 Å². The van der Waals surface area contributed by atoms with Crippen LogP contribution in [-0.2, 0) is 15.9 Å². The van der Waals surface area contributed by atoms with Gasteiger partial charge in [0, 0.05) is 37.2 Å². The summed E-state index contributed by atoms with van der Waals surface area (Å²) in [7, 11) is 1.69. The monoisotopic (exact) mass is 551 g/mol. The Balaban J connectivity index is 1.55. The first-order chi connectivity index (χ1) is 19.3. The van der Waals surface area contributed by atoms with Gasteiger partial charge in [-0.25, -0.2) is 4.79 Å². The summed E-state index contributed by atoms with van der Waals surface area (Å²) in [5, 5.41) is 10.8. The first-order valence-corrected chi connectivity index (χ1v) is 15.7. The van der Waals surface area contributed by atoms with Crippen LogP contribution in [0.2, 0.25) is 0 Å². The number of carbonyl (C=O) groups is 2. The molecule has 0 radical (unpaired) electrons. The second kappa shape index (κ2) is 12.4.